The van der Waals surface area contributed by atoms with Gasteiger partial charge in [-0.3, -0.25) is 4.79 Å². The molecule has 5 nitrogen and oxygen atoms in total. The molecule has 0 aromatic heterocycles. The van der Waals surface area contributed by atoms with Crippen molar-refractivity contribution in [3.05, 3.63) is 58.1 Å². The van der Waals surface area contributed by atoms with Gasteiger partial charge >= 0.3 is 0 Å². The molecule has 24 heavy (non-hydrogen) atoms. The normalized spacial score (nSPS) is 10.5. The first-order valence-corrected chi connectivity index (χ1v) is 8.00. The van der Waals surface area contributed by atoms with E-state index < -0.39 is 0 Å². The van der Waals surface area contributed by atoms with E-state index in [1.807, 2.05) is 31.2 Å². The zero-order valence-corrected chi connectivity index (χ0v) is 14.5. The number of carbonyl (C=O) groups is 1. The minimum absolute atomic E-state index is 0.278. The Kier molecular flexibility index (Phi) is 6.46. The molecule has 0 saturated carbocycles. The molecule has 6 heteroatoms. The number of halogens is 1. The summed E-state index contributed by atoms with van der Waals surface area (Å²) in [5.74, 6) is 0.108. The van der Waals surface area contributed by atoms with Crippen molar-refractivity contribution in [1.82, 2.24) is 5.32 Å². The Balaban J connectivity index is 2.13. The van der Waals surface area contributed by atoms with Crippen LogP contribution in [0.4, 0.5) is 5.69 Å². The number of hydrogen-bond donors (Lipinski definition) is 2. The maximum atomic E-state index is 12.5. The molecule has 0 bridgehead atoms. The summed E-state index contributed by atoms with van der Waals surface area (Å²) in [6.07, 6.45) is 0. The number of carbonyl (C=O) groups excluding carboxylic acids is 1. The van der Waals surface area contributed by atoms with Gasteiger partial charge in [0.05, 0.1) is 30.0 Å². The predicted octanol–water partition coefficient (Wildman–Crippen LogP) is 3.40. The van der Waals surface area contributed by atoms with Gasteiger partial charge in [-0.05, 0) is 24.1 Å². The van der Waals surface area contributed by atoms with Crippen LogP contribution in [0, 0.1) is 0 Å². The summed E-state index contributed by atoms with van der Waals surface area (Å²) in [6.45, 7) is 3.48. The summed E-state index contributed by atoms with van der Waals surface area (Å²) in [5.41, 5.74) is 8.50. The fraction of sp³-hybridized carbons (Fsp3) is 0.278. The third kappa shape index (κ3) is 4.40. The average molecular weight is 349 g/mol. The topological polar surface area (TPSA) is 73.6 Å². The molecule has 1 amide bonds. The largest absolute Gasteiger partial charge is 0.496 e. The molecule has 0 saturated heterocycles. The Morgan fingerprint density at radius 3 is 2.62 bits per heavy atom. The maximum absolute atomic E-state index is 12.5. The van der Waals surface area contributed by atoms with Gasteiger partial charge < -0.3 is 20.5 Å². The van der Waals surface area contributed by atoms with Crippen LogP contribution in [-0.4, -0.2) is 19.6 Å². The number of nitrogen functional groups attached to an aromatic ring is 1. The third-order valence-corrected chi connectivity index (χ3v) is 3.91. The Labute approximate surface area is 146 Å². The zero-order valence-electron chi connectivity index (χ0n) is 13.8. The van der Waals surface area contributed by atoms with E-state index in [9.17, 15) is 4.79 Å². The summed E-state index contributed by atoms with van der Waals surface area (Å²) in [4.78, 5) is 12.5. The van der Waals surface area contributed by atoms with E-state index >= 15 is 0 Å². The first-order chi connectivity index (χ1) is 11.6. The van der Waals surface area contributed by atoms with Gasteiger partial charge in [-0.25, -0.2) is 0 Å². The standard InChI is InChI=1S/C18H21ClN2O3/c1-3-24-11-13-7-5-4-6-12(13)10-21-18(22)14-8-15(19)16(20)9-17(14)23-2/h4-9H,3,10-11,20H2,1-2H3,(H,21,22). The molecule has 0 radical (unpaired) electrons. The van der Waals surface area contributed by atoms with Crippen molar-refractivity contribution in [3.8, 4) is 5.75 Å². The van der Waals surface area contributed by atoms with E-state index in [1.54, 1.807) is 6.07 Å². The van der Waals surface area contributed by atoms with E-state index in [0.717, 1.165) is 11.1 Å². The van der Waals surface area contributed by atoms with Gasteiger partial charge in [-0.15, -0.1) is 0 Å². The van der Waals surface area contributed by atoms with Crippen LogP contribution in [0.2, 0.25) is 5.02 Å². The van der Waals surface area contributed by atoms with Gasteiger partial charge in [-0.2, -0.15) is 0 Å². The molecule has 0 spiro atoms. The minimum atomic E-state index is -0.278. The molecular formula is C18H21ClN2O3. The van der Waals surface area contributed by atoms with E-state index in [-0.39, 0.29) is 5.91 Å². The minimum Gasteiger partial charge on any atom is -0.496 e. The second-order valence-corrected chi connectivity index (χ2v) is 5.57. The van der Waals surface area contributed by atoms with Crippen molar-refractivity contribution in [2.45, 2.75) is 20.1 Å². The highest BCUT2D eigenvalue weighted by atomic mass is 35.5. The van der Waals surface area contributed by atoms with Gasteiger partial charge in [0.1, 0.15) is 5.75 Å². The van der Waals surface area contributed by atoms with Gasteiger partial charge in [0.15, 0.2) is 0 Å². The SMILES string of the molecule is CCOCc1ccccc1CNC(=O)c1cc(Cl)c(N)cc1OC. The second kappa shape index (κ2) is 8.57. The Hall–Kier alpha value is -2.24. The fourth-order valence-corrected chi connectivity index (χ4v) is 2.43. The second-order valence-electron chi connectivity index (χ2n) is 5.16. The van der Waals surface area contributed by atoms with E-state index in [1.165, 1.54) is 13.2 Å². The summed E-state index contributed by atoms with van der Waals surface area (Å²) in [7, 11) is 1.48. The number of nitrogens with one attached hydrogen (secondary N) is 1. The summed E-state index contributed by atoms with van der Waals surface area (Å²) >= 11 is 6.01. The number of methoxy groups -OCH3 is 1. The molecular weight excluding hydrogens is 328 g/mol. The molecule has 0 heterocycles. The first-order valence-electron chi connectivity index (χ1n) is 7.62. The Morgan fingerprint density at radius 1 is 1.25 bits per heavy atom. The van der Waals surface area contributed by atoms with Crippen molar-refractivity contribution in [3.63, 3.8) is 0 Å². The van der Waals surface area contributed by atoms with E-state index in [2.05, 4.69) is 5.32 Å². The van der Waals surface area contributed by atoms with Crippen molar-refractivity contribution < 1.29 is 14.3 Å². The third-order valence-electron chi connectivity index (χ3n) is 3.58. The number of ether oxygens (including phenoxy) is 2. The van der Waals surface area contributed by atoms with Crippen LogP contribution in [0.5, 0.6) is 5.75 Å². The van der Waals surface area contributed by atoms with Gasteiger partial charge in [-0.1, -0.05) is 35.9 Å². The molecule has 0 aliphatic heterocycles. The zero-order chi connectivity index (χ0) is 17.5. The number of nitrogens with two attached hydrogens (primary N) is 1. The monoisotopic (exact) mass is 348 g/mol. The smallest absolute Gasteiger partial charge is 0.255 e. The van der Waals surface area contributed by atoms with Crippen molar-refractivity contribution in [2.24, 2.45) is 0 Å². The molecule has 0 aliphatic rings. The average Bonchev–Trinajstić information content (AvgIpc) is 2.60. The number of anilines is 1. The quantitative estimate of drug-likeness (QED) is 0.752. The summed E-state index contributed by atoms with van der Waals surface area (Å²) in [5, 5.41) is 3.20. The van der Waals surface area contributed by atoms with E-state index in [4.69, 9.17) is 26.8 Å². The van der Waals surface area contributed by atoms with Crippen molar-refractivity contribution in [1.29, 1.82) is 0 Å². The van der Waals surface area contributed by atoms with Gasteiger partial charge in [0.2, 0.25) is 0 Å². The summed E-state index contributed by atoms with van der Waals surface area (Å²) in [6, 6.07) is 10.9. The lowest BCUT2D eigenvalue weighted by Gasteiger charge is -2.13. The Bertz CT molecular complexity index is 719. The highest BCUT2D eigenvalue weighted by Gasteiger charge is 2.15. The molecule has 128 valence electrons. The van der Waals surface area contributed by atoms with Crippen molar-refractivity contribution >= 4 is 23.2 Å². The molecule has 2 aromatic carbocycles. The van der Waals surface area contributed by atoms with Crippen LogP contribution in [0.3, 0.4) is 0 Å². The van der Waals surface area contributed by atoms with Gasteiger partial charge in [0, 0.05) is 19.2 Å². The summed E-state index contributed by atoms with van der Waals surface area (Å²) < 4.78 is 10.7. The fourth-order valence-electron chi connectivity index (χ4n) is 2.27. The molecule has 0 unspecified atom stereocenters. The number of rotatable bonds is 7. The van der Waals surface area contributed by atoms with Crippen LogP contribution in [0.1, 0.15) is 28.4 Å². The number of benzene rings is 2. The van der Waals surface area contributed by atoms with Gasteiger partial charge in [0.25, 0.3) is 5.91 Å². The molecule has 2 rings (SSSR count). The van der Waals surface area contributed by atoms with E-state index in [0.29, 0.717) is 41.8 Å². The highest BCUT2D eigenvalue weighted by molar-refractivity contribution is 6.33. The molecule has 0 aliphatic carbocycles. The maximum Gasteiger partial charge on any atom is 0.255 e. The van der Waals surface area contributed by atoms with Crippen LogP contribution < -0.4 is 15.8 Å². The van der Waals surface area contributed by atoms with Crippen LogP contribution in [0.25, 0.3) is 0 Å². The highest BCUT2D eigenvalue weighted by Crippen LogP contribution is 2.28. The lowest BCUT2D eigenvalue weighted by Crippen LogP contribution is -2.24. The Morgan fingerprint density at radius 2 is 1.96 bits per heavy atom. The molecule has 0 atom stereocenters. The predicted molar refractivity (Wildman–Crippen MR) is 95.4 cm³/mol. The number of amides is 1. The van der Waals surface area contributed by atoms with Crippen LogP contribution in [0.15, 0.2) is 36.4 Å². The first kappa shape index (κ1) is 18.1. The van der Waals surface area contributed by atoms with Crippen molar-refractivity contribution in [2.75, 3.05) is 19.5 Å². The lowest BCUT2D eigenvalue weighted by molar-refractivity contribution is 0.0947. The van der Waals surface area contributed by atoms with Crippen LogP contribution in [-0.2, 0) is 17.9 Å². The number of hydrogen-bond acceptors (Lipinski definition) is 4. The lowest BCUT2D eigenvalue weighted by atomic mass is 10.1. The van der Waals surface area contributed by atoms with Crippen LogP contribution >= 0.6 is 11.6 Å². The molecule has 0 fully saturated rings. The molecule has 2 aromatic rings. The molecule has 3 N–H and O–H groups in total.